The minimum Gasteiger partial charge on any atom is -0.329 e. The Balaban J connectivity index is 1.81. The first kappa shape index (κ1) is 14.5. The molecule has 2 aromatic rings. The van der Waals surface area contributed by atoms with Crippen molar-refractivity contribution in [3.05, 3.63) is 55.1 Å². The molecule has 0 N–H and O–H groups in total. The van der Waals surface area contributed by atoms with E-state index in [1.54, 1.807) is 17.1 Å². The third kappa shape index (κ3) is 2.93. The lowest BCUT2D eigenvalue weighted by Gasteiger charge is -2.26. The normalized spacial score (nSPS) is 14.9. The molecule has 1 aromatic carbocycles. The molecule has 1 heterocycles. The second-order valence-corrected chi connectivity index (χ2v) is 5.53. The fourth-order valence-electron chi connectivity index (χ4n) is 2.95. The summed E-state index contributed by atoms with van der Waals surface area (Å²) >= 11 is 0. The Labute approximate surface area is 130 Å². The number of benzene rings is 1. The van der Waals surface area contributed by atoms with E-state index in [2.05, 4.69) is 16.7 Å². The summed E-state index contributed by atoms with van der Waals surface area (Å²) in [5, 5.41) is 4.34. The van der Waals surface area contributed by atoms with Crippen molar-refractivity contribution >= 4 is 5.91 Å². The van der Waals surface area contributed by atoms with Crippen LogP contribution in [0.3, 0.4) is 0 Å². The zero-order valence-corrected chi connectivity index (χ0v) is 12.6. The molecule has 3 rings (SSSR count). The second-order valence-electron chi connectivity index (χ2n) is 5.53. The van der Waals surface area contributed by atoms with Gasteiger partial charge >= 0.3 is 0 Å². The van der Waals surface area contributed by atoms with Gasteiger partial charge in [-0.1, -0.05) is 37.1 Å². The maximum atomic E-state index is 12.7. The van der Waals surface area contributed by atoms with Crippen LogP contribution < -0.4 is 0 Å². The summed E-state index contributed by atoms with van der Waals surface area (Å²) < 4.78 is 1.63. The molecule has 0 radical (unpaired) electrons. The molecule has 0 saturated heterocycles. The molecule has 1 aliphatic rings. The fraction of sp³-hybridized carbons (Fsp3) is 0.353. The highest BCUT2D eigenvalue weighted by molar-refractivity contribution is 5.90. The standard InChI is InChI=1S/C17H20N4O/c1-2-12-20(14-8-6-7-9-14)17(22)16-18-13-21(19-16)15-10-4-3-5-11-15/h2-5,10-11,13-14H,1,6-9,12H2. The molecular formula is C17H20N4O. The molecule has 0 bridgehead atoms. The maximum absolute atomic E-state index is 12.7. The molecule has 5 nitrogen and oxygen atoms in total. The van der Waals surface area contributed by atoms with Gasteiger partial charge in [-0.15, -0.1) is 11.7 Å². The van der Waals surface area contributed by atoms with Gasteiger partial charge in [-0.25, -0.2) is 9.67 Å². The SMILES string of the molecule is C=CCN(C(=O)c1ncn(-c2ccccc2)n1)C1CCCC1. The quantitative estimate of drug-likeness (QED) is 0.797. The van der Waals surface area contributed by atoms with Crippen molar-refractivity contribution in [3.8, 4) is 5.69 Å². The Kier molecular flexibility index (Phi) is 4.32. The summed E-state index contributed by atoms with van der Waals surface area (Å²) in [5.74, 6) is 0.138. The summed E-state index contributed by atoms with van der Waals surface area (Å²) in [4.78, 5) is 18.8. The molecule has 1 aliphatic carbocycles. The number of aromatic nitrogens is 3. The first-order valence-corrected chi connectivity index (χ1v) is 7.68. The van der Waals surface area contributed by atoms with E-state index in [4.69, 9.17) is 0 Å². The Hall–Kier alpha value is -2.43. The molecule has 22 heavy (non-hydrogen) atoms. The van der Waals surface area contributed by atoms with Crippen molar-refractivity contribution in [2.45, 2.75) is 31.7 Å². The van der Waals surface area contributed by atoms with Crippen LogP contribution in [0.2, 0.25) is 0 Å². The summed E-state index contributed by atoms with van der Waals surface area (Å²) in [7, 11) is 0. The predicted octanol–water partition coefficient (Wildman–Crippen LogP) is 2.84. The molecule has 5 heteroatoms. The third-order valence-corrected chi connectivity index (χ3v) is 4.06. The minimum atomic E-state index is -0.110. The number of carbonyl (C=O) groups excluding carboxylic acids is 1. The monoisotopic (exact) mass is 296 g/mol. The Morgan fingerprint density at radius 2 is 2.05 bits per heavy atom. The average molecular weight is 296 g/mol. The van der Waals surface area contributed by atoms with E-state index >= 15 is 0 Å². The van der Waals surface area contributed by atoms with Crippen molar-refractivity contribution in [1.29, 1.82) is 0 Å². The van der Waals surface area contributed by atoms with Gasteiger partial charge in [0.25, 0.3) is 5.91 Å². The molecule has 1 fully saturated rings. The molecule has 1 amide bonds. The van der Waals surface area contributed by atoms with Gasteiger partial charge in [0.2, 0.25) is 5.82 Å². The molecule has 1 saturated carbocycles. The number of rotatable bonds is 5. The van der Waals surface area contributed by atoms with Crippen LogP contribution in [0.4, 0.5) is 0 Å². The number of hydrogen-bond donors (Lipinski definition) is 0. The van der Waals surface area contributed by atoms with E-state index in [9.17, 15) is 4.79 Å². The number of hydrogen-bond acceptors (Lipinski definition) is 3. The van der Waals surface area contributed by atoms with Crippen molar-refractivity contribution in [1.82, 2.24) is 19.7 Å². The lowest BCUT2D eigenvalue weighted by atomic mass is 10.2. The van der Waals surface area contributed by atoms with Gasteiger partial charge < -0.3 is 4.90 Å². The summed E-state index contributed by atoms with van der Waals surface area (Å²) in [5.41, 5.74) is 0.894. The van der Waals surface area contributed by atoms with E-state index in [0.717, 1.165) is 18.5 Å². The fourth-order valence-corrected chi connectivity index (χ4v) is 2.95. The molecule has 0 unspecified atom stereocenters. The van der Waals surface area contributed by atoms with Gasteiger partial charge in [0, 0.05) is 12.6 Å². The van der Waals surface area contributed by atoms with Crippen LogP contribution in [-0.2, 0) is 0 Å². The zero-order chi connectivity index (χ0) is 15.4. The lowest BCUT2D eigenvalue weighted by molar-refractivity contribution is 0.0694. The van der Waals surface area contributed by atoms with Crippen LogP contribution >= 0.6 is 0 Å². The van der Waals surface area contributed by atoms with Gasteiger partial charge in [-0.3, -0.25) is 4.79 Å². The van der Waals surface area contributed by atoms with E-state index < -0.39 is 0 Å². The van der Waals surface area contributed by atoms with Gasteiger partial charge in [0.05, 0.1) is 5.69 Å². The van der Waals surface area contributed by atoms with Crippen LogP contribution in [0.5, 0.6) is 0 Å². The van der Waals surface area contributed by atoms with Crippen molar-refractivity contribution in [2.75, 3.05) is 6.54 Å². The molecule has 0 spiro atoms. The van der Waals surface area contributed by atoms with Crippen molar-refractivity contribution in [2.24, 2.45) is 0 Å². The average Bonchev–Trinajstić information content (AvgIpc) is 3.24. The van der Waals surface area contributed by atoms with E-state index in [1.165, 1.54) is 12.8 Å². The molecule has 114 valence electrons. The summed E-state index contributed by atoms with van der Waals surface area (Å²) in [6.45, 7) is 4.31. The highest BCUT2D eigenvalue weighted by Gasteiger charge is 2.28. The van der Waals surface area contributed by atoms with Crippen LogP contribution in [0.1, 0.15) is 36.3 Å². The van der Waals surface area contributed by atoms with E-state index in [-0.39, 0.29) is 17.8 Å². The minimum absolute atomic E-state index is 0.110. The molecule has 0 atom stereocenters. The summed E-state index contributed by atoms with van der Waals surface area (Å²) in [6, 6.07) is 9.96. The Bertz CT molecular complexity index is 644. The van der Waals surface area contributed by atoms with Gasteiger partial charge in [-0.05, 0) is 25.0 Å². The van der Waals surface area contributed by atoms with Crippen LogP contribution in [-0.4, -0.2) is 38.2 Å². The summed E-state index contributed by atoms with van der Waals surface area (Å²) in [6.07, 6.45) is 7.82. The van der Waals surface area contributed by atoms with Crippen molar-refractivity contribution < 1.29 is 4.79 Å². The van der Waals surface area contributed by atoms with Gasteiger partial charge in [0.15, 0.2) is 0 Å². The highest BCUT2D eigenvalue weighted by atomic mass is 16.2. The predicted molar refractivity (Wildman–Crippen MR) is 84.8 cm³/mol. The molecule has 0 aliphatic heterocycles. The van der Waals surface area contributed by atoms with Gasteiger partial charge in [-0.2, -0.15) is 0 Å². The Morgan fingerprint density at radius 1 is 1.32 bits per heavy atom. The smallest absolute Gasteiger partial charge is 0.294 e. The zero-order valence-electron chi connectivity index (χ0n) is 12.6. The van der Waals surface area contributed by atoms with Gasteiger partial charge in [0.1, 0.15) is 6.33 Å². The molecule has 1 aromatic heterocycles. The van der Waals surface area contributed by atoms with E-state index in [0.29, 0.717) is 6.54 Å². The van der Waals surface area contributed by atoms with Crippen LogP contribution in [0.25, 0.3) is 5.69 Å². The largest absolute Gasteiger partial charge is 0.329 e. The highest BCUT2D eigenvalue weighted by Crippen LogP contribution is 2.24. The van der Waals surface area contributed by atoms with Crippen LogP contribution in [0.15, 0.2) is 49.3 Å². The number of carbonyl (C=O) groups is 1. The van der Waals surface area contributed by atoms with E-state index in [1.807, 2.05) is 35.2 Å². The Morgan fingerprint density at radius 3 is 2.73 bits per heavy atom. The number of para-hydroxylation sites is 1. The topological polar surface area (TPSA) is 51.0 Å². The lowest BCUT2D eigenvalue weighted by Crippen LogP contribution is -2.39. The van der Waals surface area contributed by atoms with Crippen molar-refractivity contribution in [3.63, 3.8) is 0 Å². The number of amides is 1. The number of nitrogens with zero attached hydrogens (tertiary/aromatic N) is 4. The third-order valence-electron chi connectivity index (χ3n) is 4.06. The molecular weight excluding hydrogens is 276 g/mol. The van der Waals surface area contributed by atoms with Crippen LogP contribution in [0, 0.1) is 0 Å². The first-order chi connectivity index (χ1) is 10.8. The first-order valence-electron chi connectivity index (χ1n) is 7.68. The second kappa shape index (κ2) is 6.56. The maximum Gasteiger partial charge on any atom is 0.294 e.